The highest BCUT2D eigenvalue weighted by Gasteiger charge is 2.36. The summed E-state index contributed by atoms with van der Waals surface area (Å²) in [6, 6.07) is 5.96. The number of esters is 1. The van der Waals surface area contributed by atoms with E-state index in [0.29, 0.717) is 11.3 Å². The summed E-state index contributed by atoms with van der Waals surface area (Å²) in [6.07, 6.45) is 0.894. The van der Waals surface area contributed by atoms with Gasteiger partial charge in [-0.1, -0.05) is 6.92 Å². The fourth-order valence-electron chi connectivity index (χ4n) is 2.28. The van der Waals surface area contributed by atoms with Crippen LogP contribution in [-0.2, 0) is 20.7 Å². The monoisotopic (exact) mass is 304 g/mol. The number of nitrogens with two attached hydrogens (primary N) is 1. The third kappa shape index (κ3) is 2.65. The van der Waals surface area contributed by atoms with Crippen LogP contribution >= 0.6 is 11.3 Å². The summed E-state index contributed by atoms with van der Waals surface area (Å²) in [7, 11) is 1.30. The number of hydrogen-bond acceptors (Lipinski definition) is 6. The van der Waals surface area contributed by atoms with Crippen LogP contribution in [0.4, 0.5) is 0 Å². The van der Waals surface area contributed by atoms with Crippen molar-refractivity contribution in [3.05, 3.63) is 44.7 Å². The quantitative estimate of drug-likeness (QED) is 0.867. The minimum Gasteiger partial charge on any atom is -0.466 e. The second-order valence-electron chi connectivity index (χ2n) is 4.54. The lowest BCUT2D eigenvalue weighted by Gasteiger charge is -2.25. The largest absolute Gasteiger partial charge is 0.466 e. The number of carbonyl (C=O) groups is 1. The third-order valence-electron chi connectivity index (χ3n) is 3.33. The van der Waals surface area contributed by atoms with E-state index >= 15 is 0 Å². The molecule has 21 heavy (non-hydrogen) atoms. The first-order valence-corrected chi connectivity index (χ1v) is 7.30. The van der Waals surface area contributed by atoms with E-state index in [1.165, 1.54) is 12.0 Å². The van der Waals surface area contributed by atoms with Crippen molar-refractivity contribution in [3.63, 3.8) is 0 Å². The molecule has 2 heterocycles. The van der Waals surface area contributed by atoms with Crippen LogP contribution in [0.3, 0.4) is 0 Å². The van der Waals surface area contributed by atoms with Gasteiger partial charge in [-0.05, 0) is 25.5 Å². The molecule has 0 bridgehead atoms. The van der Waals surface area contributed by atoms with E-state index in [9.17, 15) is 10.1 Å². The second-order valence-corrected chi connectivity index (χ2v) is 5.74. The molecule has 0 radical (unpaired) electrons. The highest BCUT2D eigenvalue weighted by atomic mass is 32.1. The average molecular weight is 304 g/mol. The summed E-state index contributed by atoms with van der Waals surface area (Å²) in [4.78, 5) is 14.1. The number of thiophene rings is 1. The number of methoxy groups -OCH3 is 1. The van der Waals surface area contributed by atoms with Crippen LogP contribution in [-0.4, -0.2) is 13.1 Å². The molecule has 1 aromatic heterocycles. The SMILES string of the molecule is CCc1ccc([C@H]2C(C#N)=C(N)OC(C)=C2C(=O)OC)s1. The molecule has 0 saturated carbocycles. The van der Waals surface area contributed by atoms with Gasteiger partial charge in [0.05, 0.1) is 18.6 Å². The maximum atomic E-state index is 12.1. The number of nitriles is 1. The highest BCUT2D eigenvalue weighted by Crippen LogP contribution is 2.42. The lowest BCUT2D eigenvalue weighted by molar-refractivity contribution is -0.136. The molecule has 1 aliphatic heterocycles. The van der Waals surface area contributed by atoms with Crippen LogP contribution in [0.25, 0.3) is 0 Å². The average Bonchev–Trinajstić information content (AvgIpc) is 2.94. The maximum Gasteiger partial charge on any atom is 0.338 e. The number of carbonyl (C=O) groups excluding carboxylic acids is 1. The number of allylic oxidation sites excluding steroid dienone is 2. The van der Waals surface area contributed by atoms with Gasteiger partial charge < -0.3 is 15.2 Å². The molecule has 0 aromatic carbocycles. The predicted octanol–water partition coefficient (Wildman–Crippen LogP) is 2.57. The third-order valence-corrected chi connectivity index (χ3v) is 4.62. The van der Waals surface area contributed by atoms with Gasteiger partial charge in [0.1, 0.15) is 17.4 Å². The van der Waals surface area contributed by atoms with Gasteiger partial charge in [0.25, 0.3) is 0 Å². The van der Waals surface area contributed by atoms with Crippen molar-refractivity contribution in [2.75, 3.05) is 7.11 Å². The van der Waals surface area contributed by atoms with Crippen molar-refractivity contribution < 1.29 is 14.3 Å². The molecule has 1 atom stereocenters. The van der Waals surface area contributed by atoms with Gasteiger partial charge in [-0.25, -0.2) is 4.79 Å². The lowest BCUT2D eigenvalue weighted by Crippen LogP contribution is -2.24. The summed E-state index contributed by atoms with van der Waals surface area (Å²) in [6.45, 7) is 3.70. The Hall–Kier alpha value is -2.26. The van der Waals surface area contributed by atoms with Crippen molar-refractivity contribution in [2.24, 2.45) is 5.73 Å². The van der Waals surface area contributed by atoms with E-state index < -0.39 is 11.9 Å². The normalized spacial score (nSPS) is 18.3. The Morgan fingerprint density at radius 2 is 2.29 bits per heavy atom. The summed E-state index contributed by atoms with van der Waals surface area (Å²) >= 11 is 1.56. The van der Waals surface area contributed by atoms with Crippen LogP contribution in [0.1, 0.15) is 29.5 Å². The summed E-state index contributed by atoms with van der Waals surface area (Å²) in [5, 5.41) is 9.38. The topological polar surface area (TPSA) is 85.3 Å². The van der Waals surface area contributed by atoms with Gasteiger partial charge in [-0.15, -0.1) is 11.3 Å². The van der Waals surface area contributed by atoms with Gasteiger partial charge in [0, 0.05) is 9.75 Å². The molecule has 1 aliphatic rings. The van der Waals surface area contributed by atoms with Crippen molar-refractivity contribution >= 4 is 17.3 Å². The zero-order valence-corrected chi connectivity index (χ0v) is 12.9. The van der Waals surface area contributed by atoms with Crippen LogP contribution in [0.15, 0.2) is 34.9 Å². The maximum absolute atomic E-state index is 12.1. The lowest BCUT2D eigenvalue weighted by atomic mass is 9.87. The minimum absolute atomic E-state index is 0.0408. The molecular formula is C15H16N2O3S. The Labute approximate surface area is 127 Å². The second kappa shape index (κ2) is 6.02. The zero-order chi connectivity index (χ0) is 15.6. The molecule has 0 amide bonds. The molecule has 2 rings (SSSR count). The summed E-state index contributed by atoms with van der Waals surface area (Å²) in [5.41, 5.74) is 6.37. The Bertz CT molecular complexity index is 679. The van der Waals surface area contributed by atoms with Gasteiger partial charge in [-0.2, -0.15) is 5.26 Å². The molecule has 110 valence electrons. The molecule has 0 fully saturated rings. The number of rotatable bonds is 3. The van der Waals surface area contributed by atoms with E-state index in [-0.39, 0.29) is 11.5 Å². The number of hydrogen-bond donors (Lipinski definition) is 1. The van der Waals surface area contributed by atoms with E-state index in [2.05, 4.69) is 13.0 Å². The first-order valence-electron chi connectivity index (χ1n) is 6.48. The van der Waals surface area contributed by atoms with Crippen molar-refractivity contribution in [1.82, 2.24) is 0 Å². The summed E-state index contributed by atoms with van der Waals surface area (Å²) < 4.78 is 10.2. The van der Waals surface area contributed by atoms with E-state index in [4.69, 9.17) is 15.2 Å². The van der Waals surface area contributed by atoms with Crippen LogP contribution in [0.5, 0.6) is 0 Å². The van der Waals surface area contributed by atoms with Crippen LogP contribution < -0.4 is 5.73 Å². The van der Waals surface area contributed by atoms with Gasteiger partial charge >= 0.3 is 5.97 Å². The van der Waals surface area contributed by atoms with Gasteiger partial charge in [0.15, 0.2) is 0 Å². The van der Waals surface area contributed by atoms with Gasteiger partial charge in [-0.3, -0.25) is 0 Å². The first-order chi connectivity index (χ1) is 10.0. The molecule has 2 N–H and O–H groups in total. The fourth-order valence-corrected chi connectivity index (χ4v) is 3.35. The first kappa shape index (κ1) is 15.1. The molecule has 0 unspecified atom stereocenters. The Morgan fingerprint density at radius 1 is 1.57 bits per heavy atom. The van der Waals surface area contributed by atoms with E-state index in [1.807, 2.05) is 12.1 Å². The van der Waals surface area contributed by atoms with Crippen molar-refractivity contribution in [2.45, 2.75) is 26.2 Å². The summed E-state index contributed by atoms with van der Waals surface area (Å²) in [5.74, 6) is -0.625. The minimum atomic E-state index is -0.526. The van der Waals surface area contributed by atoms with Crippen LogP contribution in [0.2, 0.25) is 0 Å². The molecular weight excluding hydrogens is 288 g/mol. The Balaban J connectivity index is 2.60. The zero-order valence-electron chi connectivity index (χ0n) is 12.1. The predicted molar refractivity (Wildman–Crippen MR) is 79.1 cm³/mol. The van der Waals surface area contributed by atoms with E-state index in [0.717, 1.165) is 11.3 Å². The standard InChI is InChI=1S/C15H16N2O3S/c1-4-9-5-6-11(21-9)13-10(7-16)14(17)20-8(2)12(13)15(18)19-3/h5-6,13H,4,17H2,1-3H3/t13-/m1/s1. The fraction of sp³-hybridized carbons (Fsp3) is 0.333. The number of aryl methyl sites for hydroxylation is 1. The van der Waals surface area contributed by atoms with Gasteiger partial charge in [0.2, 0.25) is 5.88 Å². The molecule has 1 aromatic rings. The highest BCUT2D eigenvalue weighted by molar-refractivity contribution is 7.12. The smallest absolute Gasteiger partial charge is 0.338 e. The molecule has 5 nitrogen and oxygen atoms in total. The molecule has 6 heteroatoms. The Kier molecular flexibility index (Phi) is 4.34. The number of ether oxygens (including phenoxy) is 2. The van der Waals surface area contributed by atoms with Crippen molar-refractivity contribution in [1.29, 1.82) is 5.26 Å². The van der Waals surface area contributed by atoms with Crippen molar-refractivity contribution in [3.8, 4) is 6.07 Å². The molecule has 0 spiro atoms. The Morgan fingerprint density at radius 3 is 2.81 bits per heavy atom. The molecule has 0 saturated heterocycles. The van der Waals surface area contributed by atoms with Crippen LogP contribution in [0, 0.1) is 11.3 Å². The molecule has 0 aliphatic carbocycles. The van der Waals surface area contributed by atoms with E-state index in [1.54, 1.807) is 18.3 Å². The number of nitrogens with zero attached hydrogens (tertiary/aromatic N) is 1.